The van der Waals surface area contributed by atoms with Gasteiger partial charge in [-0.25, -0.2) is 0 Å². The molecule has 0 spiro atoms. The molecule has 0 aliphatic carbocycles. The van der Waals surface area contributed by atoms with E-state index in [9.17, 15) is 0 Å². The third-order valence-corrected chi connectivity index (χ3v) is 2.41. The zero-order chi connectivity index (χ0) is 14.7. The van der Waals surface area contributed by atoms with E-state index in [4.69, 9.17) is 5.21 Å². The van der Waals surface area contributed by atoms with Crippen LogP contribution in [0.3, 0.4) is 0 Å². The minimum absolute atomic E-state index is 0. The molecule has 0 aliphatic heterocycles. The summed E-state index contributed by atoms with van der Waals surface area (Å²) >= 11 is 0. The highest BCUT2D eigenvalue weighted by atomic mass is 16.5. The molecule has 4 N–H and O–H groups in total. The van der Waals surface area contributed by atoms with Gasteiger partial charge in [0.2, 0.25) is 0 Å². The molecule has 3 heteroatoms. The van der Waals surface area contributed by atoms with Crippen LogP contribution in [-0.2, 0) is 0 Å². The Hall–Kier alpha value is -1.84. The molecule has 20 heavy (non-hydrogen) atoms. The number of nitrogens with one attached hydrogen (secondary N) is 1. The second-order valence-electron chi connectivity index (χ2n) is 3.52. The summed E-state index contributed by atoms with van der Waals surface area (Å²) < 4.78 is 0. The molecule has 2 aromatic carbocycles. The summed E-state index contributed by atoms with van der Waals surface area (Å²) in [4.78, 5) is 0. The lowest BCUT2D eigenvalue weighted by Gasteiger charge is -2.07. The van der Waals surface area contributed by atoms with Crippen LogP contribution in [0.25, 0.3) is 11.1 Å². The Kier molecular flexibility index (Phi) is 12.5. The quantitative estimate of drug-likeness (QED) is 0.782. The molecule has 0 atom stereocenters. The zero-order valence-corrected chi connectivity index (χ0v) is 13.1. The zero-order valence-electron chi connectivity index (χ0n) is 13.1. The lowest BCUT2D eigenvalue weighted by atomic mass is 10.0. The Morgan fingerprint density at radius 1 is 0.800 bits per heavy atom. The molecule has 0 bridgehead atoms. The van der Waals surface area contributed by atoms with Gasteiger partial charge in [0.25, 0.3) is 0 Å². The molecular formula is C17H27NO2. The largest absolute Gasteiger partial charge is 0.412 e. The molecule has 0 radical (unpaired) electrons. The van der Waals surface area contributed by atoms with Crippen molar-refractivity contribution in [3.05, 3.63) is 54.1 Å². The number of hydrogen-bond donors (Lipinski definition) is 2. The molecule has 0 aliphatic rings. The lowest BCUT2D eigenvalue weighted by molar-refractivity contribution is 0.389. The summed E-state index contributed by atoms with van der Waals surface area (Å²) in [6, 6.07) is 15.9. The minimum Gasteiger partial charge on any atom is -0.412 e. The lowest BCUT2D eigenvalue weighted by Crippen LogP contribution is -1.92. The summed E-state index contributed by atoms with van der Waals surface area (Å²) in [5, 5.41) is 8.98. The van der Waals surface area contributed by atoms with Gasteiger partial charge in [0.15, 0.2) is 0 Å². The van der Waals surface area contributed by atoms with E-state index in [1.165, 1.54) is 5.56 Å². The van der Waals surface area contributed by atoms with Crippen LogP contribution < -0.4 is 5.48 Å². The molecule has 3 nitrogen and oxygen atoms in total. The smallest absolute Gasteiger partial charge is 0.0680 e. The number of para-hydroxylation sites is 1. The average molecular weight is 277 g/mol. The molecule has 112 valence electrons. The van der Waals surface area contributed by atoms with Crippen molar-refractivity contribution in [2.45, 2.75) is 34.6 Å². The van der Waals surface area contributed by atoms with Crippen molar-refractivity contribution in [1.82, 2.24) is 0 Å². The number of aryl methyl sites for hydroxylation is 1. The second-order valence-corrected chi connectivity index (χ2v) is 3.52. The molecular weight excluding hydrogens is 250 g/mol. The van der Waals surface area contributed by atoms with Crippen LogP contribution >= 0.6 is 0 Å². The van der Waals surface area contributed by atoms with E-state index in [-0.39, 0.29) is 5.48 Å². The first-order chi connectivity index (χ1) is 9.31. The SMILES string of the molecule is CC.CC.Cc1ccc(-c2ccccc2NO)cc1.O. The number of benzene rings is 2. The van der Waals surface area contributed by atoms with Crippen molar-refractivity contribution in [1.29, 1.82) is 0 Å². The minimum atomic E-state index is 0. The second kappa shape index (κ2) is 12.2. The van der Waals surface area contributed by atoms with Crippen LogP contribution in [0, 0.1) is 6.92 Å². The first-order valence-electron chi connectivity index (χ1n) is 6.87. The third-order valence-electron chi connectivity index (χ3n) is 2.41. The highest BCUT2D eigenvalue weighted by Crippen LogP contribution is 2.27. The van der Waals surface area contributed by atoms with Crippen molar-refractivity contribution >= 4 is 5.69 Å². The van der Waals surface area contributed by atoms with Gasteiger partial charge in [0, 0.05) is 5.56 Å². The van der Waals surface area contributed by atoms with E-state index in [0.717, 1.165) is 16.8 Å². The fourth-order valence-corrected chi connectivity index (χ4v) is 1.57. The van der Waals surface area contributed by atoms with Gasteiger partial charge in [-0.1, -0.05) is 75.7 Å². The fraction of sp³-hybridized carbons (Fsp3) is 0.294. The molecule has 2 aromatic rings. The van der Waals surface area contributed by atoms with Crippen LogP contribution in [-0.4, -0.2) is 10.7 Å². The monoisotopic (exact) mass is 277 g/mol. The number of rotatable bonds is 2. The molecule has 0 fully saturated rings. The number of hydrogen-bond acceptors (Lipinski definition) is 2. The van der Waals surface area contributed by atoms with Crippen LogP contribution in [0.5, 0.6) is 0 Å². The summed E-state index contributed by atoms with van der Waals surface area (Å²) in [6.45, 7) is 10.1. The maximum Gasteiger partial charge on any atom is 0.0680 e. The van der Waals surface area contributed by atoms with Gasteiger partial charge >= 0.3 is 0 Å². The van der Waals surface area contributed by atoms with Gasteiger partial charge in [-0.2, -0.15) is 0 Å². The van der Waals surface area contributed by atoms with Crippen molar-refractivity contribution < 1.29 is 10.7 Å². The van der Waals surface area contributed by atoms with Crippen molar-refractivity contribution in [3.63, 3.8) is 0 Å². The Balaban J connectivity index is 0. The van der Waals surface area contributed by atoms with E-state index < -0.39 is 0 Å². The van der Waals surface area contributed by atoms with E-state index in [1.54, 1.807) is 0 Å². The molecule has 0 aromatic heterocycles. The average Bonchev–Trinajstić information content (AvgIpc) is 2.52. The fourth-order valence-electron chi connectivity index (χ4n) is 1.57. The topological polar surface area (TPSA) is 63.8 Å². The molecule has 0 saturated carbocycles. The van der Waals surface area contributed by atoms with Crippen LogP contribution in [0.4, 0.5) is 5.69 Å². The standard InChI is InChI=1S/C13H13NO.2C2H6.H2O/c1-10-6-8-11(9-7-10)12-4-2-3-5-13(12)14-15;2*1-2;/h2-9,14-15H,1H3;2*1-2H3;1H2. The van der Waals surface area contributed by atoms with Gasteiger partial charge < -0.3 is 5.48 Å². The van der Waals surface area contributed by atoms with E-state index in [1.807, 2.05) is 64.1 Å². The highest BCUT2D eigenvalue weighted by molar-refractivity contribution is 5.77. The van der Waals surface area contributed by atoms with Gasteiger partial charge in [-0.05, 0) is 18.6 Å². The summed E-state index contributed by atoms with van der Waals surface area (Å²) in [5.41, 5.74) is 6.26. The predicted molar refractivity (Wildman–Crippen MR) is 88.3 cm³/mol. The van der Waals surface area contributed by atoms with Gasteiger partial charge in [-0.3, -0.25) is 10.7 Å². The maximum absolute atomic E-state index is 8.98. The summed E-state index contributed by atoms with van der Waals surface area (Å²) in [7, 11) is 0. The molecule has 2 rings (SSSR count). The summed E-state index contributed by atoms with van der Waals surface area (Å²) in [5.74, 6) is 0. The predicted octanol–water partition coefficient (Wildman–Crippen LogP) is 4.69. The molecule has 0 saturated heterocycles. The summed E-state index contributed by atoms with van der Waals surface area (Å²) in [6.07, 6.45) is 0. The van der Waals surface area contributed by atoms with Crippen molar-refractivity contribution in [2.75, 3.05) is 5.48 Å². The van der Waals surface area contributed by atoms with Crippen LogP contribution in [0.2, 0.25) is 0 Å². The maximum atomic E-state index is 8.98. The molecule has 0 amide bonds. The Morgan fingerprint density at radius 3 is 1.80 bits per heavy atom. The highest BCUT2D eigenvalue weighted by Gasteiger charge is 2.02. The van der Waals surface area contributed by atoms with E-state index in [2.05, 4.69) is 24.5 Å². The Morgan fingerprint density at radius 2 is 1.30 bits per heavy atom. The van der Waals surface area contributed by atoms with Gasteiger partial charge in [0.1, 0.15) is 0 Å². The Labute approximate surface area is 122 Å². The van der Waals surface area contributed by atoms with Crippen LogP contribution in [0.1, 0.15) is 33.3 Å². The van der Waals surface area contributed by atoms with Crippen LogP contribution in [0.15, 0.2) is 48.5 Å². The van der Waals surface area contributed by atoms with E-state index >= 15 is 0 Å². The molecule has 0 unspecified atom stereocenters. The first kappa shape index (κ1) is 20.5. The third kappa shape index (κ3) is 5.87. The molecule has 0 heterocycles. The van der Waals surface area contributed by atoms with Crippen molar-refractivity contribution in [3.8, 4) is 11.1 Å². The van der Waals surface area contributed by atoms with Gasteiger partial charge in [-0.15, -0.1) is 0 Å². The van der Waals surface area contributed by atoms with Gasteiger partial charge in [0.05, 0.1) is 5.69 Å². The van der Waals surface area contributed by atoms with Crippen molar-refractivity contribution in [2.24, 2.45) is 0 Å². The normalized spacial score (nSPS) is 8.10. The first-order valence-corrected chi connectivity index (χ1v) is 6.87. The number of anilines is 1. The Bertz CT molecular complexity index is 453. The van der Waals surface area contributed by atoms with E-state index in [0.29, 0.717) is 0 Å².